The smallest absolute Gasteiger partial charge is 0.233 e. The summed E-state index contributed by atoms with van der Waals surface area (Å²) >= 11 is 6.03. The molecule has 5 rings (SSSR count). The molecule has 2 saturated heterocycles. The quantitative estimate of drug-likeness (QED) is 0.799. The Kier molecular flexibility index (Phi) is 5.15. The second-order valence-electron chi connectivity index (χ2n) is 8.13. The lowest BCUT2D eigenvalue weighted by Gasteiger charge is -2.32. The number of hydrogen-bond donors (Lipinski definition) is 1. The van der Waals surface area contributed by atoms with Crippen LogP contribution >= 0.6 is 24.0 Å². The molecule has 3 aliphatic rings. The van der Waals surface area contributed by atoms with E-state index in [-0.39, 0.29) is 30.2 Å². The van der Waals surface area contributed by atoms with E-state index < -0.39 is 5.41 Å². The van der Waals surface area contributed by atoms with Gasteiger partial charge in [-0.2, -0.15) is 0 Å². The summed E-state index contributed by atoms with van der Waals surface area (Å²) in [6.07, 6.45) is 1.74. The van der Waals surface area contributed by atoms with Gasteiger partial charge in [-0.3, -0.25) is 4.79 Å². The van der Waals surface area contributed by atoms with Crippen molar-refractivity contribution in [2.24, 2.45) is 11.8 Å². The van der Waals surface area contributed by atoms with Crippen LogP contribution in [0.2, 0.25) is 5.02 Å². The summed E-state index contributed by atoms with van der Waals surface area (Å²) in [5.74, 6) is 0.724. The lowest BCUT2D eigenvalue weighted by atomic mass is 9.88. The highest BCUT2D eigenvalue weighted by molar-refractivity contribution is 6.30. The lowest BCUT2D eigenvalue weighted by Crippen LogP contribution is -2.41. The fraction of sp³-hybridized carbons (Fsp3) is 0.409. The van der Waals surface area contributed by atoms with Crippen LogP contribution in [0.3, 0.4) is 0 Å². The SMILES string of the molecule is Cl.O=C(N1C[C@@H]2CNC[C@@H]2[C@H]1c1cccc(F)c1)C1(c2ccc(Cl)cc2)CC1. The van der Waals surface area contributed by atoms with Crippen LogP contribution in [-0.4, -0.2) is 30.4 Å². The number of nitrogens with zero attached hydrogens (tertiary/aromatic N) is 1. The maximum Gasteiger partial charge on any atom is 0.233 e. The van der Waals surface area contributed by atoms with Crippen LogP contribution in [0.15, 0.2) is 48.5 Å². The molecule has 1 aliphatic carbocycles. The van der Waals surface area contributed by atoms with Gasteiger partial charge in [0.2, 0.25) is 5.91 Å². The molecule has 0 bridgehead atoms. The van der Waals surface area contributed by atoms with Gasteiger partial charge in [0.1, 0.15) is 5.82 Å². The van der Waals surface area contributed by atoms with E-state index in [2.05, 4.69) is 5.32 Å². The summed E-state index contributed by atoms with van der Waals surface area (Å²) in [6, 6.07) is 14.4. The molecule has 28 heavy (non-hydrogen) atoms. The van der Waals surface area contributed by atoms with Gasteiger partial charge in [0.15, 0.2) is 0 Å². The highest BCUT2D eigenvalue weighted by Gasteiger charge is 2.57. The van der Waals surface area contributed by atoms with E-state index in [0.717, 1.165) is 43.6 Å². The van der Waals surface area contributed by atoms with Crippen LogP contribution in [0.1, 0.15) is 30.0 Å². The van der Waals surface area contributed by atoms with Crippen molar-refractivity contribution in [2.75, 3.05) is 19.6 Å². The predicted octanol–water partition coefficient (Wildman–Crippen LogP) is 4.35. The van der Waals surface area contributed by atoms with Crippen molar-refractivity contribution in [1.82, 2.24) is 10.2 Å². The third-order valence-corrected chi connectivity index (χ3v) is 6.82. The molecule has 1 amide bonds. The van der Waals surface area contributed by atoms with Gasteiger partial charge >= 0.3 is 0 Å². The van der Waals surface area contributed by atoms with E-state index in [0.29, 0.717) is 16.9 Å². The van der Waals surface area contributed by atoms with Crippen molar-refractivity contribution in [2.45, 2.75) is 24.3 Å². The molecule has 0 unspecified atom stereocenters. The first kappa shape index (κ1) is 19.7. The molecule has 0 aromatic heterocycles. The molecule has 0 radical (unpaired) electrons. The minimum absolute atomic E-state index is 0. The minimum atomic E-state index is -0.428. The van der Waals surface area contributed by atoms with E-state index in [4.69, 9.17) is 11.6 Å². The topological polar surface area (TPSA) is 32.3 Å². The summed E-state index contributed by atoms with van der Waals surface area (Å²) in [4.78, 5) is 15.7. The minimum Gasteiger partial charge on any atom is -0.334 e. The second-order valence-corrected chi connectivity index (χ2v) is 8.56. The molecular weight excluding hydrogens is 398 g/mol. The summed E-state index contributed by atoms with van der Waals surface area (Å²) in [5.41, 5.74) is 1.53. The van der Waals surface area contributed by atoms with Crippen LogP contribution in [0.4, 0.5) is 4.39 Å². The zero-order valence-electron chi connectivity index (χ0n) is 15.4. The van der Waals surface area contributed by atoms with Gasteiger partial charge in [0, 0.05) is 30.6 Å². The van der Waals surface area contributed by atoms with Crippen molar-refractivity contribution in [3.63, 3.8) is 0 Å². The molecule has 2 aromatic rings. The summed E-state index contributed by atoms with van der Waals surface area (Å²) in [6.45, 7) is 2.55. The number of likely N-dealkylation sites (tertiary alicyclic amines) is 1. The van der Waals surface area contributed by atoms with Gasteiger partial charge in [-0.25, -0.2) is 4.39 Å². The largest absolute Gasteiger partial charge is 0.334 e. The van der Waals surface area contributed by atoms with Crippen molar-refractivity contribution < 1.29 is 9.18 Å². The van der Waals surface area contributed by atoms with E-state index in [1.54, 1.807) is 12.1 Å². The molecule has 2 heterocycles. The second kappa shape index (κ2) is 7.33. The third-order valence-electron chi connectivity index (χ3n) is 6.57. The Balaban J connectivity index is 0.00000192. The van der Waals surface area contributed by atoms with Crippen LogP contribution in [0.5, 0.6) is 0 Å². The summed E-state index contributed by atoms with van der Waals surface area (Å²) in [7, 11) is 0. The normalized spacial score (nSPS) is 27.2. The van der Waals surface area contributed by atoms with Gasteiger partial charge < -0.3 is 10.2 Å². The Morgan fingerprint density at radius 3 is 2.57 bits per heavy atom. The Hall–Kier alpha value is -1.62. The zero-order chi connectivity index (χ0) is 18.6. The summed E-state index contributed by atoms with van der Waals surface area (Å²) < 4.78 is 13.9. The molecular formula is C22H23Cl2FN2O. The predicted molar refractivity (Wildman–Crippen MR) is 110 cm³/mol. The van der Waals surface area contributed by atoms with Crippen molar-refractivity contribution >= 4 is 29.9 Å². The van der Waals surface area contributed by atoms with Gasteiger partial charge in [-0.05, 0) is 54.2 Å². The molecule has 1 saturated carbocycles. The fourth-order valence-corrected chi connectivity index (χ4v) is 5.17. The van der Waals surface area contributed by atoms with Gasteiger partial charge in [-0.15, -0.1) is 12.4 Å². The number of benzene rings is 2. The highest BCUT2D eigenvalue weighted by atomic mass is 35.5. The number of carbonyl (C=O) groups is 1. The molecule has 3 atom stereocenters. The molecule has 0 spiro atoms. The third kappa shape index (κ3) is 3.12. The monoisotopic (exact) mass is 420 g/mol. The number of halogens is 3. The molecule has 3 fully saturated rings. The summed E-state index contributed by atoms with van der Waals surface area (Å²) in [5, 5.41) is 4.13. The Morgan fingerprint density at radius 1 is 1.14 bits per heavy atom. The number of fused-ring (bicyclic) bond motifs is 1. The zero-order valence-corrected chi connectivity index (χ0v) is 17.0. The van der Waals surface area contributed by atoms with Gasteiger partial charge in [0.25, 0.3) is 0 Å². The molecule has 148 valence electrons. The van der Waals surface area contributed by atoms with Crippen molar-refractivity contribution in [1.29, 1.82) is 0 Å². The van der Waals surface area contributed by atoms with Crippen LogP contribution in [0.25, 0.3) is 0 Å². The number of hydrogen-bond acceptors (Lipinski definition) is 2. The first-order chi connectivity index (χ1) is 13.1. The maximum absolute atomic E-state index is 13.9. The molecule has 2 aromatic carbocycles. The molecule has 2 aliphatic heterocycles. The lowest BCUT2D eigenvalue weighted by molar-refractivity contribution is -0.135. The maximum atomic E-state index is 13.9. The number of amides is 1. The first-order valence-corrected chi connectivity index (χ1v) is 10.00. The van der Waals surface area contributed by atoms with E-state index in [9.17, 15) is 9.18 Å². The standard InChI is InChI=1S/C22H22ClFN2O.ClH/c23-17-6-4-16(5-7-17)22(8-9-22)21(27)26-13-15-11-25-12-19(15)20(26)14-2-1-3-18(24)10-14;/h1-7,10,15,19-20,25H,8-9,11-13H2;1H/t15-,19-,20+;/m0./s1. The molecule has 3 nitrogen and oxygen atoms in total. The average molecular weight is 421 g/mol. The van der Waals surface area contributed by atoms with Gasteiger partial charge in [0.05, 0.1) is 11.5 Å². The van der Waals surface area contributed by atoms with Crippen molar-refractivity contribution in [3.8, 4) is 0 Å². The van der Waals surface area contributed by atoms with Gasteiger partial charge in [-0.1, -0.05) is 35.9 Å². The number of nitrogens with one attached hydrogen (secondary N) is 1. The Morgan fingerprint density at radius 2 is 1.89 bits per heavy atom. The van der Waals surface area contributed by atoms with Crippen molar-refractivity contribution in [3.05, 3.63) is 70.5 Å². The number of carbonyl (C=O) groups excluding carboxylic acids is 1. The first-order valence-electron chi connectivity index (χ1n) is 9.62. The number of rotatable bonds is 3. The van der Waals surface area contributed by atoms with Crippen LogP contribution in [-0.2, 0) is 10.2 Å². The Labute approximate surface area is 175 Å². The highest BCUT2D eigenvalue weighted by Crippen LogP contribution is 2.53. The van der Waals surface area contributed by atoms with E-state index >= 15 is 0 Å². The molecule has 1 N–H and O–H groups in total. The fourth-order valence-electron chi connectivity index (χ4n) is 5.04. The van der Waals surface area contributed by atoms with E-state index in [1.165, 1.54) is 6.07 Å². The van der Waals surface area contributed by atoms with E-state index in [1.807, 2.05) is 35.2 Å². The average Bonchev–Trinajstić information content (AvgIpc) is 3.20. The van der Waals surface area contributed by atoms with Crippen LogP contribution in [0, 0.1) is 17.7 Å². The van der Waals surface area contributed by atoms with Crippen LogP contribution < -0.4 is 5.32 Å². The Bertz CT molecular complexity index is 884. The molecule has 6 heteroatoms.